The van der Waals surface area contributed by atoms with Crippen molar-refractivity contribution in [1.29, 1.82) is 0 Å². The van der Waals surface area contributed by atoms with E-state index in [2.05, 4.69) is 37.3 Å². The molecule has 0 unspecified atom stereocenters. The fourth-order valence-electron chi connectivity index (χ4n) is 3.39. The van der Waals surface area contributed by atoms with Crippen molar-refractivity contribution >= 4 is 0 Å². The number of nitrogens with zero attached hydrogens (tertiary/aromatic N) is 6. The fraction of sp³-hybridized carbons (Fsp3) is 0.444. The van der Waals surface area contributed by atoms with Crippen LogP contribution >= 0.6 is 0 Å². The molecule has 0 spiro atoms. The second kappa shape index (κ2) is 7.57. The number of likely N-dealkylation sites (tertiary alicyclic amines) is 1. The quantitative estimate of drug-likeness (QED) is 0.687. The largest absolute Gasteiger partial charge is 0.424 e. The van der Waals surface area contributed by atoms with E-state index in [9.17, 15) is 0 Å². The molecule has 4 rings (SSSR count). The molecule has 3 aromatic rings. The van der Waals surface area contributed by atoms with Crippen LogP contribution in [-0.2, 0) is 19.5 Å². The van der Waals surface area contributed by atoms with Gasteiger partial charge < -0.3 is 4.42 Å². The summed E-state index contributed by atoms with van der Waals surface area (Å²) >= 11 is 0. The zero-order chi connectivity index (χ0) is 16.9. The highest BCUT2D eigenvalue weighted by Crippen LogP contribution is 2.21. The van der Waals surface area contributed by atoms with Crippen molar-refractivity contribution in [3.63, 3.8) is 0 Å². The molecule has 1 atom stereocenters. The van der Waals surface area contributed by atoms with Crippen molar-refractivity contribution in [2.24, 2.45) is 0 Å². The minimum atomic E-state index is 0.430. The van der Waals surface area contributed by atoms with Crippen molar-refractivity contribution < 1.29 is 4.42 Å². The van der Waals surface area contributed by atoms with Crippen molar-refractivity contribution in [2.45, 2.75) is 44.8 Å². The molecule has 0 amide bonds. The van der Waals surface area contributed by atoms with Gasteiger partial charge in [0.05, 0.1) is 19.5 Å². The van der Waals surface area contributed by atoms with E-state index in [-0.39, 0.29) is 0 Å². The molecule has 1 aliphatic heterocycles. The summed E-state index contributed by atoms with van der Waals surface area (Å²) in [6.45, 7) is 2.60. The molecule has 1 aromatic carbocycles. The summed E-state index contributed by atoms with van der Waals surface area (Å²) in [6, 6.07) is 10.6. The zero-order valence-electron chi connectivity index (χ0n) is 14.2. The first kappa shape index (κ1) is 16.0. The fourth-order valence-corrected chi connectivity index (χ4v) is 3.39. The topological polar surface area (TPSA) is 72.9 Å². The summed E-state index contributed by atoms with van der Waals surface area (Å²) in [5.74, 6) is 1.36. The van der Waals surface area contributed by atoms with Crippen LogP contribution in [0, 0.1) is 0 Å². The van der Waals surface area contributed by atoms with Gasteiger partial charge in [0.25, 0.3) is 0 Å². The molecule has 0 radical (unpaired) electrons. The maximum Gasteiger partial charge on any atom is 0.230 e. The van der Waals surface area contributed by atoms with E-state index in [0.29, 0.717) is 30.8 Å². The van der Waals surface area contributed by atoms with Crippen molar-refractivity contribution in [3.05, 3.63) is 60.3 Å². The van der Waals surface area contributed by atoms with Gasteiger partial charge in [-0.2, -0.15) is 5.10 Å². The van der Waals surface area contributed by atoms with Crippen LogP contribution in [0.25, 0.3) is 0 Å². The average molecular weight is 338 g/mol. The van der Waals surface area contributed by atoms with Gasteiger partial charge in [-0.25, -0.2) is 4.98 Å². The van der Waals surface area contributed by atoms with Gasteiger partial charge in [0.15, 0.2) is 0 Å². The molecule has 3 heterocycles. The molecule has 0 bridgehead atoms. The molecule has 25 heavy (non-hydrogen) atoms. The number of hydrogen-bond donors (Lipinski definition) is 0. The van der Waals surface area contributed by atoms with Crippen LogP contribution < -0.4 is 0 Å². The third-order valence-electron chi connectivity index (χ3n) is 4.66. The van der Waals surface area contributed by atoms with E-state index in [1.807, 2.05) is 22.9 Å². The van der Waals surface area contributed by atoms with Crippen LogP contribution in [0.4, 0.5) is 0 Å². The Labute approximate surface area is 146 Å². The summed E-state index contributed by atoms with van der Waals surface area (Å²) in [7, 11) is 0. The standard InChI is InChI=1S/C18H22N6O/c1-2-6-15(7-3-1)10-17-21-22-18(25-17)12-23-9-5-4-8-16(23)11-24-14-19-13-20-24/h1-3,6-7,13-14,16H,4-5,8-12H2/t16-/m0/s1. The molecule has 1 fully saturated rings. The van der Waals surface area contributed by atoms with Crippen LogP contribution in [0.5, 0.6) is 0 Å². The number of benzene rings is 1. The van der Waals surface area contributed by atoms with E-state index in [0.717, 1.165) is 19.5 Å². The number of aromatic nitrogens is 5. The molecular formula is C18H22N6O. The summed E-state index contributed by atoms with van der Waals surface area (Å²) in [5.41, 5.74) is 1.18. The Morgan fingerprint density at radius 2 is 1.96 bits per heavy atom. The first-order valence-corrected chi connectivity index (χ1v) is 8.78. The monoisotopic (exact) mass is 338 g/mol. The highest BCUT2D eigenvalue weighted by Gasteiger charge is 2.24. The molecule has 1 aliphatic rings. The molecule has 2 aromatic heterocycles. The smallest absolute Gasteiger partial charge is 0.230 e. The SMILES string of the molecule is c1ccc(Cc2nnc(CN3CCCC[C@H]3Cn3cncn3)o2)cc1. The Kier molecular flexibility index (Phi) is 4.83. The van der Waals surface area contributed by atoms with Gasteiger partial charge in [-0.3, -0.25) is 9.58 Å². The van der Waals surface area contributed by atoms with Gasteiger partial charge in [-0.05, 0) is 24.9 Å². The molecular weight excluding hydrogens is 316 g/mol. The van der Waals surface area contributed by atoms with Crippen LogP contribution in [0.3, 0.4) is 0 Å². The van der Waals surface area contributed by atoms with Crippen molar-refractivity contribution in [3.8, 4) is 0 Å². The lowest BCUT2D eigenvalue weighted by atomic mass is 10.0. The molecule has 7 nitrogen and oxygen atoms in total. The summed E-state index contributed by atoms with van der Waals surface area (Å²) in [6.07, 6.45) is 7.65. The summed E-state index contributed by atoms with van der Waals surface area (Å²) in [4.78, 5) is 6.45. The van der Waals surface area contributed by atoms with Gasteiger partial charge in [0.1, 0.15) is 12.7 Å². The number of piperidine rings is 1. The van der Waals surface area contributed by atoms with E-state index < -0.39 is 0 Å². The van der Waals surface area contributed by atoms with E-state index in [1.165, 1.54) is 18.4 Å². The van der Waals surface area contributed by atoms with Crippen molar-refractivity contribution in [1.82, 2.24) is 29.9 Å². The number of hydrogen-bond acceptors (Lipinski definition) is 6. The van der Waals surface area contributed by atoms with Gasteiger partial charge in [0.2, 0.25) is 11.8 Å². The third kappa shape index (κ3) is 4.11. The predicted octanol–water partition coefficient (Wildman–Crippen LogP) is 2.31. The normalized spacial score (nSPS) is 18.5. The zero-order valence-corrected chi connectivity index (χ0v) is 14.2. The Hall–Kier alpha value is -2.54. The highest BCUT2D eigenvalue weighted by atomic mass is 16.4. The van der Waals surface area contributed by atoms with Crippen LogP contribution in [-0.4, -0.2) is 42.4 Å². The van der Waals surface area contributed by atoms with Crippen LogP contribution in [0.1, 0.15) is 36.6 Å². The van der Waals surface area contributed by atoms with Gasteiger partial charge >= 0.3 is 0 Å². The number of rotatable bonds is 6. The molecule has 7 heteroatoms. The molecule has 1 saturated heterocycles. The van der Waals surface area contributed by atoms with E-state index in [1.54, 1.807) is 12.7 Å². The summed E-state index contributed by atoms with van der Waals surface area (Å²) in [5, 5.41) is 12.7. The average Bonchev–Trinajstić information content (AvgIpc) is 3.30. The Morgan fingerprint density at radius 3 is 2.80 bits per heavy atom. The molecule has 0 saturated carbocycles. The minimum Gasteiger partial charge on any atom is -0.424 e. The first-order valence-electron chi connectivity index (χ1n) is 8.78. The second-order valence-electron chi connectivity index (χ2n) is 6.49. The maximum atomic E-state index is 5.88. The van der Waals surface area contributed by atoms with E-state index >= 15 is 0 Å². The summed E-state index contributed by atoms with van der Waals surface area (Å²) < 4.78 is 7.78. The minimum absolute atomic E-state index is 0.430. The third-order valence-corrected chi connectivity index (χ3v) is 4.66. The Bertz CT molecular complexity index is 770. The molecule has 0 N–H and O–H groups in total. The second-order valence-corrected chi connectivity index (χ2v) is 6.49. The first-order chi connectivity index (χ1) is 12.4. The van der Waals surface area contributed by atoms with Crippen LogP contribution in [0.15, 0.2) is 47.4 Å². The lowest BCUT2D eigenvalue weighted by Gasteiger charge is -2.34. The van der Waals surface area contributed by atoms with E-state index in [4.69, 9.17) is 4.42 Å². The van der Waals surface area contributed by atoms with Gasteiger partial charge in [0, 0.05) is 6.04 Å². The lowest BCUT2D eigenvalue weighted by molar-refractivity contribution is 0.110. The highest BCUT2D eigenvalue weighted by molar-refractivity contribution is 5.17. The van der Waals surface area contributed by atoms with Crippen molar-refractivity contribution in [2.75, 3.05) is 6.54 Å². The lowest BCUT2D eigenvalue weighted by Crippen LogP contribution is -2.41. The van der Waals surface area contributed by atoms with Gasteiger partial charge in [-0.15, -0.1) is 10.2 Å². The molecule has 130 valence electrons. The predicted molar refractivity (Wildman–Crippen MR) is 91.6 cm³/mol. The van der Waals surface area contributed by atoms with Crippen LogP contribution in [0.2, 0.25) is 0 Å². The van der Waals surface area contributed by atoms with Gasteiger partial charge in [-0.1, -0.05) is 36.8 Å². The maximum absolute atomic E-state index is 5.88. The Morgan fingerprint density at radius 1 is 1.08 bits per heavy atom. The Balaban J connectivity index is 1.40. The molecule has 0 aliphatic carbocycles.